The van der Waals surface area contributed by atoms with Crippen LogP contribution < -0.4 is 15.5 Å². The van der Waals surface area contributed by atoms with Crippen molar-refractivity contribution in [3.63, 3.8) is 0 Å². The summed E-state index contributed by atoms with van der Waals surface area (Å²) in [6, 6.07) is 25.8. The number of amides is 3. The molecule has 3 N–H and O–H groups in total. The highest BCUT2D eigenvalue weighted by molar-refractivity contribution is 7.92. The molecule has 1 aliphatic heterocycles. The molecule has 222 valence electrons. The zero-order chi connectivity index (χ0) is 29.6. The van der Waals surface area contributed by atoms with Crippen LogP contribution in [0, 0.1) is 0 Å². The van der Waals surface area contributed by atoms with Gasteiger partial charge in [-0.15, -0.1) is 0 Å². The summed E-state index contributed by atoms with van der Waals surface area (Å²) in [7, 11) is -3.96. The van der Waals surface area contributed by atoms with Crippen molar-refractivity contribution in [2.75, 3.05) is 26.3 Å². The van der Waals surface area contributed by atoms with Crippen molar-refractivity contribution >= 4 is 22.0 Å². The van der Waals surface area contributed by atoms with Gasteiger partial charge in [0.05, 0.1) is 19.8 Å². The second-order valence-electron chi connectivity index (χ2n) is 9.76. The van der Waals surface area contributed by atoms with Crippen molar-refractivity contribution in [3.05, 3.63) is 119 Å². The molecule has 0 bridgehead atoms. The van der Waals surface area contributed by atoms with Gasteiger partial charge < -0.3 is 20.3 Å². The van der Waals surface area contributed by atoms with Crippen molar-refractivity contribution < 1.29 is 27.6 Å². The van der Waals surface area contributed by atoms with Gasteiger partial charge in [-0.2, -0.15) is 0 Å². The second kappa shape index (κ2) is 15.8. The average Bonchev–Trinajstić information content (AvgIpc) is 3.02. The minimum atomic E-state index is -3.96. The lowest BCUT2D eigenvalue weighted by atomic mass is 10.0. The van der Waals surface area contributed by atoms with E-state index in [0.717, 1.165) is 16.5 Å². The highest BCUT2D eigenvalue weighted by atomic mass is 32.2. The maximum atomic E-state index is 13.6. The first kappa shape index (κ1) is 30.9. The molecule has 1 saturated heterocycles. The molecule has 0 aliphatic carbocycles. The topological polar surface area (TPSA) is 126 Å². The molecule has 0 spiro atoms. The Bertz CT molecular complexity index is 1400. The van der Waals surface area contributed by atoms with Gasteiger partial charge in [0.15, 0.2) is 0 Å². The number of hydrogen-bond acceptors (Lipinski definition) is 6. The summed E-state index contributed by atoms with van der Waals surface area (Å²) in [4.78, 5) is 35.5. The minimum Gasteiger partial charge on any atom is -0.378 e. The van der Waals surface area contributed by atoms with Crippen LogP contribution in [0.1, 0.15) is 29.2 Å². The molecular weight excluding hydrogens is 556 g/mol. The van der Waals surface area contributed by atoms with E-state index in [1.807, 2.05) is 66.7 Å². The van der Waals surface area contributed by atoms with Gasteiger partial charge in [-0.3, -0.25) is 9.63 Å². The van der Waals surface area contributed by atoms with E-state index >= 15 is 0 Å². The Hall–Kier alpha value is -4.03. The first-order chi connectivity index (χ1) is 20.4. The number of carbonyl (C=O) groups is 2. The van der Waals surface area contributed by atoms with Crippen molar-refractivity contribution in [2.24, 2.45) is 0 Å². The Balaban J connectivity index is 1.47. The number of nitrogens with zero attached hydrogens (tertiary/aromatic N) is 1. The SMILES string of the molecule is O=C(N[C@H](/C=C/S(=O)(=O)NOCc1ccccc1)CCc1ccccc1)[C@@H](NC(=O)N1CCOCC1)c1ccccc1. The Kier molecular flexibility index (Phi) is 11.7. The van der Waals surface area contributed by atoms with Crippen LogP contribution >= 0.6 is 0 Å². The molecule has 10 nitrogen and oxygen atoms in total. The van der Waals surface area contributed by atoms with Crippen LogP contribution in [0.25, 0.3) is 0 Å². The van der Waals surface area contributed by atoms with Gasteiger partial charge in [-0.05, 0) is 35.6 Å². The summed E-state index contributed by atoms with van der Waals surface area (Å²) in [5.41, 5.74) is 2.45. The molecule has 1 heterocycles. The number of nitrogens with one attached hydrogen (secondary N) is 3. The lowest BCUT2D eigenvalue weighted by Crippen LogP contribution is -2.50. The first-order valence-electron chi connectivity index (χ1n) is 13.8. The summed E-state index contributed by atoms with van der Waals surface area (Å²) in [6.07, 6.45) is 2.43. The van der Waals surface area contributed by atoms with Crippen molar-refractivity contribution in [3.8, 4) is 0 Å². The van der Waals surface area contributed by atoms with E-state index in [4.69, 9.17) is 9.57 Å². The number of rotatable bonds is 13. The molecule has 3 aromatic carbocycles. The third-order valence-electron chi connectivity index (χ3n) is 6.62. The standard InChI is InChI=1S/C31H36N4O6S/c36-30(29(27-14-8-3-9-15-27)33-31(37)35-19-21-40-22-20-35)32-28(17-16-25-10-4-1-5-11-25)18-23-42(38,39)34-41-24-26-12-6-2-7-13-26/h1-15,18,23,28-29,34H,16-17,19-22,24H2,(H,32,36)(H,33,37)/b23-18+/t28-,29-/m0/s1. The molecule has 4 rings (SSSR count). The lowest BCUT2D eigenvalue weighted by molar-refractivity contribution is -0.123. The van der Waals surface area contributed by atoms with Crippen LogP contribution in [0.3, 0.4) is 0 Å². The summed E-state index contributed by atoms with van der Waals surface area (Å²) in [6.45, 7) is 1.77. The van der Waals surface area contributed by atoms with Crippen molar-refractivity contribution in [1.82, 2.24) is 20.4 Å². The molecule has 2 atom stereocenters. The molecule has 0 aromatic heterocycles. The monoisotopic (exact) mass is 592 g/mol. The van der Waals surface area contributed by atoms with Crippen LogP contribution in [0.5, 0.6) is 0 Å². The molecule has 3 amide bonds. The van der Waals surface area contributed by atoms with E-state index in [1.54, 1.807) is 29.2 Å². The number of urea groups is 1. The van der Waals surface area contributed by atoms with Crippen molar-refractivity contribution in [2.45, 2.75) is 31.5 Å². The fourth-order valence-electron chi connectivity index (χ4n) is 4.37. The molecule has 3 aromatic rings. The zero-order valence-corrected chi connectivity index (χ0v) is 24.0. The van der Waals surface area contributed by atoms with Gasteiger partial charge in [0.25, 0.3) is 10.0 Å². The second-order valence-corrected chi connectivity index (χ2v) is 11.3. The minimum absolute atomic E-state index is 0.0592. The lowest BCUT2D eigenvalue weighted by Gasteiger charge is -2.29. The molecule has 11 heteroatoms. The van der Waals surface area contributed by atoms with Gasteiger partial charge in [0.1, 0.15) is 6.04 Å². The van der Waals surface area contributed by atoms with Crippen LogP contribution in [0.4, 0.5) is 4.79 Å². The van der Waals surface area contributed by atoms with Gasteiger partial charge in [-0.25, -0.2) is 13.2 Å². The largest absolute Gasteiger partial charge is 0.378 e. The number of ether oxygens (including phenoxy) is 1. The van der Waals surface area contributed by atoms with E-state index in [2.05, 4.69) is 15.5 Å². The summed E-state index contributed by atoms with van der Waals surface area (Å²) < 4.78 is 30.6. The number of sulfonamides is 1. The Labute approximate surface area is 246 Å². The van der Waals surface area contributed by atoms with Crippen LogP contribution in [0.2, 0.25) is 0 Å². The predicted octanol–water partition coefficient (Wildman–Crippen LogP) is 3.45. The van der Waals surface area contributed by atoms with Crippen LogP contribution in [-0.2, 0) is 37.4 Å². The average molecular weight is 593 g/mol. The van der Waals surface area contributed by atoms with E-state index in [9.17, 15) is 18.0 Å². The van der Waals surface area contributed by atoms with Crippen LogP contribution in [-0.4, -0.2) is 57.6 Å². The smallest absolute Gasteiger partial charge is 0.318 e. The normalized spacial score (nSPS) is 15.2. The van der Waals surface area contributed by atoms with Crippen molar-refractivity contribution in [1.29, 1.82) is 0 Å². The number of hydrogen-bond donors (Lipinski definition) is 3. The highest BCUT2D eigenvalue weighted by Gasteiger charge is 2.27. The quantitative estimate of drug-likeness (QED) is 0.261. The van der Waals surface area contributed by atoms with E-state index in [-0.39, 0.29) is 12.6 Å². The molecule has 42 heavy (non-hydrogen) atoms. The Morgan fingerprint density at radius 2 is 1.45 bits per heavy atom. The third-order valence-corrected chi connectivity index (χ3v) is 7.49. The number of carbonyl (C=O) groups excluding carboxylic acids is 2. The van der Waals surface area contributed by atoms with Gasteiger partial charge in [-0.1, -0.05) is 95.9 Å². The molecule has 0 unspecified atom stereocenters. The summed E-state index contributed by atoms with van der Waals surface area (Å²) in [5.74, 6) is -0.462. The van der Waals surface area contributed by atoms with E-state index in [0.29, 0.717) is 44.7 Å². The molecule has 1 fully saturated rings. The third kappa shape index (κ3) is 10.1. The maximum absolute atomic E-state index is 13.6. The number of morpholine rings is 1. The van der Waals surface area contributed by atoms with E-state index < -0.39 is 28.0 Å². The summed E-state index contributed by atoms with van der Waals surface area (Å²) in [5, 5.41) is 6.76. The first-order valence-corrected chi connectivity index (χ1v) is 15.3. The Morgan fingerprint density at radius 1 is 0.857 bits per heavy atom. The van der Waals surface area contributed by atoms with Gasteiger partial charge >= 0.3 is 6.03 Å². The highest BCUT2D eigenvalue weighted by Crippen LogP contribution is 2.16. The number of aryl methyl sites for hydroxylation is 1. The molecule has 0 radical (unpaired) electrons. The Morgan fingerprint density at radius 3 is 2.10 bits per heavy atom. The molecule has 0 saturated carbocycles. The van der Waals surface area contributed by atoms with Gasteiger partial charge in [0.2, 0.25) is 5.91 Å². The molecular formula is C31H36N4O6S. The maximum Gasteiger partial charge on any atom is 0.318 e. The van der Waals surface area contributed by atoms with Crippen LogP contribution in [0.15, 0.2) is 102 Å². The fourth-order valence-corrected chi connectivity index (χ4v) is 5.05. The van der Waals surface area contributed by atoms with E-state index in [1.165, 1.54) is 6.08 Å². The zero-order valence-electron chi connectivity index (χ0n) is 23.2. The molecule has 1 aliphatic rings. The number of benzene rings is 3. The van der Waals surface area contributed by atoms with Gasteiger partial charge in [0, 0.05) is 24.5 Å². The summed E-state index contributed by atoms with van der Waals surface area (Å²) >= 11 is 0. The fraction of sp³-hybridized carbons (Fsp3) is 0.290. The predicted molar refractivity (Wildman–Crippen MR) is 159 cm³/mol.